The second-order valence-electron chi connectivity index (χ2n) is 4.93. The van der Waals surface area contributed by atoms with E-state index in [4.69, 9.17) is 4.74 Å². The number of rotatable bonds is 3. The van der Waals surface area contributed by atoms with Crippen LogP contribution in [-0.4, -0.2) is 9.13 Å². The fraction of sp³-hybridized carbons (Fsp3) is 0.333. The van der Waals surface area contributed by atoms with E-state index in [1.807, 2.05) is 32.0 Å². The summed E-state index contributed by atoms with van der Waals surface area (Å²) >= 11 is 0. The molecule has 106 valence electrons. The molecule has 0 atom stereocenters. The van der Waals surface area contributed by atoms with Gasteiger partial charge in [0.05, 0.1) is 5.69 Å². The highest BCUT2D eigenvalue weighted by Gasteiger charge is 2.07. The first kappa shape index (κ1) is 14.1. The molecule has 2 rings (SSSR count). The maximum Gasteiger partial charge on any atom is 0.330 e. The third-order valence-electron chi connectivity index (χ3n) is 3.33. The van der Waals surface area contributed by atoms with Gasteiger partial charge in [-0.15, -0.1) is 0 Å². The van der Waals surface area contributed by atoms with Crippen molar-refractivity contribution in [3.63, 3.8) is 0 Å². The van der Waals surface area contributed by atoms with E-state index in [-0.39, 0.29) is 17.9 Å². The smallest absolute Gasteiger partial charge is 0.330 e. The van der Waals surface area contributed by atoms with Crippen molar-refractivity contribution in [2.24, 2.45) is 14.1 Å². The van der Waals surface area contributed by atoms with E-state index in [9.17, 15) is 9.59 Å². The molecule has 20 heavy (non-hydrogen) atoms. The third kappa shape index (κ3) is 2.66. The summed E-state index contributed by atoms with van der Waals surface area (Å²) in [5, 5.41) is 0. The molecule has 5 nitrogen and oxygen atoms in total. The van der Waals surface area contributed by atoms with Crippen LogP contribution in [-0.2, 0) is 20.7 Å². The fourth-order valence-electron chi connectivity index (χ4n) is 2.03. The van der Waals surface area contributed by atoms with Gasteiger partial charge in [-0.3, -0.25) is 13.9 Å². The van der Waals surface area contributed by atoms with Crippen molar-refractivity contribution in [3.8, 4) is 5.75 Å². The lowest BCUT2D eigenvalue weighted by Gasteiger charge is -2.12. The van der Waals surface area contributed by atoms with E-state index in [2.05, 4.69) is 0 Å². The van der Waals surface area contributed by atoms with Crippen LogP contribution in [0, 0.1) is 13.8 Å². The minimum Gasteiger partial charge on any atom is -0.487 e. The summed E-state index contributed by atoms with van der Waals surface area (Å²) in [5.41, 5.74) is 2.07. The molecule has 0 aliphatic carbocycles. The van der Waals surface area contributed by atoms with Gasteiger partial charge in [0.2, 0.25) is 0 Å². The molecular formula is C15H18N2O3. The Morgan fingerprint density at radius 2 is 1.75 bits per heavy atom. The Hall–Kier alpha value is -2.30. The van der Waals surface area contributed by atoms with Crippen LogP contribution >= 0.6 is 0 Å². The topological polar surface area (TPSA) is 53.2 Å². The van der Waals surface area contributed by atoms with Crippen LogP contribution in [0.1, 0.15) is 16.8 Å². The zero-order valence-electron chi connectivity index (χ0n) is 12.1. The van der Waals surface area contributed by atoms with Gasteiger partial charge in [-0.05, 0) is 25.5 Å². The number of nitrogens with zero attached hydrogens (tertiary/aromatic N) is 2. The Kier molecular flexibility index (Phi) is 3.79. The lowest BCUT2D eigenvalue weighted by molar-refractivity contribution is 0.291. The van der Waals surface area contributed by atoms with Gasteiger partial charge in [-0.25, -0.2) is 4.79 Å². The maximum atomic E-state index is 11.8. The summed E-state index contributed by atoms with van der Waals surface area (Å²) < 4.78 is 8.19. The molecule has 0 fully saturated rings. The molecule has 5 heteroatoms. The molecule has 0 saturated heterocycles. The van der Waals surface area contributed by atoms with E-state index in [0.717, 1.165) is 21.4 Å². The lowest BCUT2D eigenvalue weighted by atomic mass is 10.1. The summed E-state index contributed by atoms with van der Waals surface area (Å²) in [6, 6.07) is 7.30. The molecule has 0 bridgehead atoms. The molecule has 1 heterocycles. The van der Waals surface area contributed by atoms with Gasteiger partial charge < -0.3 is 4.74 Å². The Balaban J connectivity index is 2.28. The Morgan fingerprint density at radius 3 is 2.40 bits per heavy atom. The first-order chi connectivity index (χ1) is 9.40. The average Bonchev–Trinajstić information content (AvgIpc) is 2.40. The number of aryl methyl sites for hydroxylation is 2. The Morgan fingerprint density at radius 1 is 1.05 bits per heavy atom. The van der Waals surface area contributed by atoms with Gasteiger partial charge in [0.1, 0.15) is 12.4 Å². The van der Waals surface area contributed by atoms with Crippen molar-refractivity contribution in [3.05, 3.63) is 61.9 Å². The molecule has 0 unspecified atom stereocenters. The molecule has 0 aliphatic heterocycles. The van der Waals surface area contributed by atoms with Crippen LogP contribution in [0.4, 0.5) is 0 Å². The van der Waals surface area contributed by atoms with Gasteiger partial charge >= 0.3 is 5.69 Å². The SMILES string of the molecule is Cc1ccc(OCc2cc(=O)n(C)c(=O)n2C)c(C)c1. The lowest BCUT2D eigenvalue weighted by Crippen LogP contribution is -2.38. The van der Waals surface area contributed by atoms with Crippen LogP contribution in [0.25, 0.3) is 0 Å². The van der Waals surface area contributed by atoms with E-state index in [1.54, 1.807) is 7.05 Å². The predicted molar refractivity (Wildman–Crippen MR) is 77.2 cm³/mol. The van der Waals surface area contributed by atoms with Crippen LogP contribution in [0.5, 0.6) is 5.75 Å². The molecule has 2 aromatic rings. The van der Waals surface area contributed by atoms with Crippen LogP contribution in [0.3, 0.4) is 0 Å². The molecule has 0 spiro atoms. The van der Waals surface area contributed by atoms with Crippen LogP contribution in [0.2, 0.25) is 0 Å². The molecule has 0 radical (unpaired) electrons. The normalized spacial score (nSPS) is 10.6. The number of hydrogen-bond donors (Lipinski definition) is 0. The van der Waals surface area contributed by atoms with Gasteiger partial charge in [0.15, 0.2) is 0 Å². The highest BCUT2D eigenvalue weighted by Crippen LogP contribution is 2.19. The molecule has 1 aromatic heterocycles. The van der Waals surface area contributed by atoms with E-state index >= 15 is 0 Å². The van der Waals surface area contributed by atoms with Gasteiger partial charge in [0.25, 0.3) is 5.56 Å². The number of benzene rings is 1. The molecular weight excluding hydrogens is 256 g/mol. The zero-order chi connectivity index (χ0) is 14.9. The summed E-state index contributed by atoms with van der Waals surface area (Å²) in [7, 11) is 3.09. The largest absolute Gasteiger partial charge is 0.487 e. The van der Waals surface area contributed by atoms with Crippen molar-refractivity contribution >= 4 is 0 Å². The number of aromatic nitrogens is 2. The summed E-state index contributed by atoms with van der Waals surface area (Å²) in [6.45, 7) is 4.17. The highest BCUT2D eigenvalue weighted by molar-refractivity contribution is 5.35. The van der Waals surface area contributed by atoms with Gasteiger partial charge in [-0.2, -0.15) is 0 Å². The first-order valence-corrected chi connectivity index (χ1v) is 6.36. The van der Waals surface area contributed by atoms with Crippen molar-refractivity contribution in [1.82, 2.24) is 9.13 Å². The monoisotopic (exact) mass is 274 g/mol. The van der Waals surface area contributed by atoms with Gasteiger partial charge in [-0.1, -0.05) is 17.7 Å². The van der Waals surface area contributed by atoms with Crippen molar-refractivity contribution in [2.75, 3.05) is 0 Å². The highest BCUT2D eigenvalue weighted by atomic mass is 16.5. The maximum absolute atomic E-state index is 11.8. The molecule has 0 N–H and O–H groups in total. The van der Waals surface area contributed by atoms with Crippen LogP contribution in [0.15, 0.2) is 33.9 Å². The Labute approximate surface area is 117 Å². The quantitative estimate of drug-likeness (QED) is 0.847. The van der Waals surface area contributed by atoms with Crippen molar-refractivity contribution < 1.29 is 4.74 Å². The summed E-state index contributed by atoms with van der Waals surface area (Å²) in [6.07, 6.45) is 0. The van der Waals surface area contributed by atoms with Gasteiger partial charge in [0, 0.05) is 20.2 Å². The van der Waals surface area contributed by atoms with E-state index < -0.39 is 0 Å². The molecule has 0 saturated carbocycles. The molecule has 0 amide bonds. The first-order valence-electron chi connectivity index (χ1n) is 6.36. The predicted octanol–water partition coefficient (Wildman–Crippen LogP) is 1.28. The van der Waals surface area contributed by atoms with Crippen LogP contribution < -0.4 is 16.0 Å². The minimum atomic E-state index is -0.350. The fourth-order valence-corrected chi connectivity index (χ4v) is 2.03. The number of hydrogen-bond acceptors (Lipinski definition) is 3. The second kappa shape index (κ2) is 5.36. The zero-order valence-corrected chi connectivity index (χ0v) is 12.1. The Bertz CT molecular complexity index is 757. The van der Waals surface area contributed by atoms with E-state index in [0.29, 0.717) is 5.69 Å². The average molecular weight is 274 g/mol. The summed E-state index contributed by atoms with van der Waals surface area (Å²) in [5.74, 6) is 0.753. The van der Waals surface area contributed by atoms with E-state index in [1.165, 1.54) is 17.7 Å². The van der Waals surface area contributed by atoms with Crippen molar-refractivity contribution in [1.29, 1.82) is 0 Å². The summed E-state index contributed by atoms with van der Waals surface area (Å²) in [4.78, 5) is 23.4. The second-order valence-corrected chi connectivity index (χ2v) is 4.93. The standard InChI is InChI=1S/C15H18N2O3/c1-10-5-6-13(11(2)7-10)20-9-12-8-14(18)17(4)15(19)16(12)3/h5-8H,9H2,1-4H3. The molecule has 0 aliphatic rings. The minimum absolute atomic E-state index is 0.186. The number of ether oxygens (including phenoxy) is 1. The third-order valence-corrected chi connectivity index (χ3v) is 3.33. The van der Waals surface area contributed by atoms with Crippen molar-refractivity contribution in [2.45, 2.75) is 20.5 Å². The molecule has 1 aromatic carbocycles.